The number of nitrogens with zero attached hydrogens (tertiary/aromatic N) is 1. The maximum absolute atomic E-state index is 12.0. The molecule has 2 aromatic rings. The molecule has 0 aliphatic heterocycles. The zero-order valence-corrected chi connectivity index (χ0v) is 11.5. The molecule has 0 spiro atoms. The number of aromatic nitrogens is 1. The summed E-state index contributed by atoms with van der Waals surface area (Å²) in [6.07, 6.45) is 5.86. The number of pyridine rings is 1. The second-order valence-corrected chi connectivity index (χ2v) is 4.33. The number of rotatable bonds is 5. The van der Waals surface area contributed by atoms with Gasteiger partial charge in [0.2, 0.25) is 0 Å². The molecule has 0 saturated carbocycles. The summed E-state index contributed by atoms with van der Waals surface area (Å²) in [6, 6.07) is 13.6. The zero-order chi connectivity index (χ0) is 14.2. The van der Waals surface area contributed by atoms with Gasteiger partial charge in [0.05, 0.1) is 6.61 Å². The van der Waals surface area contributed by atoms with E-state index in [0.717, 1.165) is 11.1 Å². The average Bonchev–Trinajstić information content (AvgIpc) is 2.49. The number of carbonyl (C=O) groups excluding carboxylic acids is 1. The highest BCUT2D eigenvalue weighted by Gasteiger charge is 2.11. The van der Waals surface area contributed by atoms with Gasteiger partial charge in [-0.1, -0.05) is 30.3 Å². The Morgan fingerprint density at radius 3 is 2.50 bits per heavy atom. The minimum atomic E-state index is -0.270. The lowest BCUT2D eigenvalue weighted by Crippen LogP contribution is -2.10. The molecule has 0 atom stereocenters. The lowest BCUT2D eigenvalue weighted by atomic mass is 10.0. The van der Waals surface area contributed by atoms with E-state index in [-0.39, 0.29) is 5.97 Å². The van der Waals surface area contributed by atoms with Crippen molar-refractivity contribution in [3.63, 3.8) is 0 Å². The van der Waals surface area contributed by atoms with Gasteiger partial charge in [0.25, 0.3) is 0 Å². The Morgan fingerprint density at radius 2 is 1.85 bits per heavy atom. The van der Waals surface area contributed by atoms with Crippen molar-refractivity contribution in [2.24, 2.45) is 0 Å². The smallest absolute Gasteiger partial charge is 0.334 e. The Morgan fingerprint density at radius 1 is 1.15 bits per heavy atom. The maximum atomic E-state index is 12.0. The summed E-state index contributed by atoms with van der Waals surface area (Å²) in [4.78, 5) is 16.0. The molecule has 1 aromatic heterocycles. The van der Waals surface area contributed by atoms with Crippen molar-refractivity contribution >= 4 is 12.0 Å². The Labute approximate surface area is 118 Å². The number of benzene rings is 1. The predicted molar refractivity (Wildman–Crippen MR) is 79.0 cm³/mol. The molecule has 2 rings (SSSR count). The second kappa shape index (κ2) is 7.24. The van der Waals surface area contributed by atoms with Crippen molar-refractivity contribution in [3.8, 4) is 0 Å². The Hall–Kier alpha value is -2.42. The van der Waals surface area contributed by atoms with E-state index in [9.17, 15) is 4.79 Å². The van der Waals surface area contributed by atoms with Gasteiger partial charge in [-0.15, -0.1) is 0 Å². The molecule has 1 heterocycles. The van der Waals surface area contributed by atoms with Crippen LogP contribution in [0, 0.1) is 0 Å². The topological polar surface area (TPSA) is 39.2 Å². The van der Waals surface area contributed by atoms with Crippen molar-refractivity contribution in [2.45, 2.75) is 13.3 Å². The summed E-state index contributed by atoms with van der Waals surface area (Å²) in [6.45, 7) is 2.19. The van der Waals surface area contributed by atoms with Crippen molar-refractivity contribution in [1.82, 2.24) is 4.98 Å². The Bertz CT molecular complexity index is 576. The van der Waals surface area contributed by atoms with Gasteiger partial charge in [-0.25, -0.2) is 4.79 Å². The third kappa shape index (κ3) is 4.05. The van der Waals surface area contributed by atoms with Gasteiger partial charge in [0.1, 0.15) is 0 Å². The molecular weight excluding hydrogens is 250 g/mol. The van der Waals surface area contributed by atoms with Crippen LogP contribution in [0.3, 0.4) is 0 Å². The van der Waals surface area contributed by atoms with E-state index in [1.165, 1.54) is 0 Å². The van der Waals surface area contributed by atoms with Gasteiger partial charge in [-0.05, 0) is 36.3 Å². The highest BCUT2D eigenvalue weighted by molar-refractivity contribution is 5.94. The zero-order valence-electron chi connectivity index (χ0n) is 11.5. The van der Waals surface area contributed by atoms with Gasteiger partial charge in [0.15, 0.2) is 0 Å². The Kier molecular flexibility index (Phi) is 5.07. The van der Waals surface area contributed by atoms with E-state index in [0.29, 0.717) is 18.6 Å². The largest absolute Gasteiger partial charge is 0.463 e. The lowest BCUT2D eigenvalue weighted by Gasteiger charge is -2.07. The van der Waals surface area contributed by atoms with Crippen molar-refractivity contribution in [3.05, 3.63) is 71.6 Å². The number of hydrogen-bond donors (Lipinski definition) is 0. The fraction of sp³-hybridized carbons (Fsp3) is 0.176. The summed E-state index contributed by atoms with van der Waals surface area (Å²) in [5.74, 6) is -0.270. The third-order valence-electron chi connectivity index (χ3n) is 2.82. The average molecular weight is 267 g/mol. The molecule has 0 saturated heterocycles. The van der Waals surface area contributed by atoms with E-state index in [1.54, 1.807) is 12.4 Å². The van der Waals surface area contributed by atoms with Crippen LogP contribution in [0.25, 0.3) is 6.08 Å². The van der Waals surface area contributed by atoms with Gasteiger partial charge in [-0.2, -0.15) is 0 Å². The lowest BCUT2D eigenvalue weighted by molar-refractivity contribution is -0.138. The van der Waals surface area contributed by atoms with Crippen LogP contribution in [0.1, 0.15) is 18.1 Å². The number of carbonyl (C=O) groups is 1. The standard InChI is InChI=1S/C17H17NO2/c1-2-20-17(19)16(12-14-6-4-3-5-7-14)13-15-8-10-18-11-9-15/h3-12H,2,13H2,1H3/b16-12-. The molecule has 102 valence electrons. The molecule has 0 aliphatic carbocycles. The normalized spacial score (nSPS) is 11.2. The van der Waals surface area contributed by atoms with Crippen LogP contribution in [0.15, 0.2) is 60.4 Å². The molecule has 0 bridgehead atoms. The van der Waals surface area contributed by atoms with Crippen LogP contribution in [0.2, 0.25) is 0 Å². The summed E-state index contributed by atoms with van der Waals surface area (Å²) in [5.41, 5.74) is 2.67. The van der Waals surface area contributed by atoms with Crippen molar-refractivity contribution < 1.29 is 9.53 Å². The molecule has 0 amide bonds. The first kappa shape index (κ1) is 14.0. The van der Waals surface area contributed by atoms with E-state index >= 15 is 0 Å². The monoisotopic (exact) mass is 267 g/mol. The van der Waals surface area contributed by atoms with E-state index < -0.39 is 0 Å². The van der Waals surface area contributed by atoms with Crippen LogP contribution in [0.5, 0.6) is 0 Å². The number of esters is 1. The van der Waals surface area contributed by atoms with Crippen molar-refractivity contribution in [1.29, 1.82) is 0 Å². The summed E-state index contributed by atoms with van der Waals surface area (Å²) >= 11 is 0. The molecule has 3 nitrogen and oxygen atoms in total. The number of ether oxygens (including phenoxy) is 1. The van der Waals surface area contributed by atoms with Crippen LogP contribution >= 0.6 is 0 Å². The van der Waals surface area contributed by atoms with Crippen LogP contribution in [0.4, 0.5) is 0 Å². The van der Waals surface area contributed by atoms with Crippen molar-refractivity contribution in [2.75, 3.05) is 6.61 Å². The van der Waals surface area contributed by atoms with Crippen LogP contribution in [-0.2, 0) is 16.0 Å². The molecule has 0 radical (unpaired) electrons. The quantitative estimate of drug-likeness (QED) is 0.616. The maximum Gasteiger partial charge on any atom is 0.334 e. The highest BCUT2D eigenvalue weighted by Crippen LogP contribution is 2.14. The minimum Gasteiger partial charge on any atom is -0.463 e. The molecule has 0 unspecified atom stereocenters. The van der Waals surface area contributed by atoms with Gasteiger partial charge in [-0.3, -0.25) is 4.98 Å². The minimum absolute atomic E-state index is 0.270. The molecule has 0 aliphatic rings. The van der Waals surface area contributed by atoms with E-state index in [2.05, 4.69) is 4.98 Å². The predicted octanol–water partition coefficient (Wildman–Crippen LogP) is 3.27. The molecular formula is C17H17NO2. The fourth-order valence-electron chi connectivity index (χ4n) is 1.88. The van der Waals surface area contributed by atoms with Gasteiger partial charge >= 0.3 is 5.97 Å². The summed E-state index contributed by atoms with van der Waals surface area (Å²) < 4.78 is 5.13. The van der Waals surface area contributed by atoms with E-state index in [4.69, 9.17) is 4.74 Å². The Balaban J connectivity index is 2.25. The summed E-state index contributed by atoms with van der Waals surface area (Å²) in [5, 5.41) is 0. The summed E-state index contributed by atoms with van der Waals surface area (Å²) in [7, 11) is 0. The first-order valence-corrected chi connectivity index (χ1v) is 6.61. The molecule has 20 heavy (non-hydrogen) atoms. The number of hydrogen-bond acceptors (Lipinski definition) is 3. The molecule has 3 heteroatoms. The highest BCUT2D eigenvalue weighted by atomic mass is 16.5. The fourth-order valence-corrected chi connectivity index (χ4v) is 1.88. The third-order valence-corrected chi connectivity index (χ3v) is 2.82. The first-order valence-electron chi connectivity index (χ1n) is 6.61. The van der Waals surface area contributed by atoms with E-state index in [1.807, 2.05) is 55.5 Å². The molecule has 0 N–H and O–H groups in total. The molecule has 0 fully saturated rings. The van der Waals surface area contributed by atoms with Gasteiger partial charge < -0.3 is 4.74 Å². The SMILES string of the molecule is CCOC(=O)/C(=C\c1ccccc1)Cc1ccncc1. The van der Waals surface area contributed by atoms with Crippen LogP contribution < -0.4 is 0 Å². The second-order valence-electron chi connectivity index (χ2n) is 4.33. The first-order chi connectivity index (χ1) is 9.79. The van der Waals surface area contributed by atoms with Crippen LogP contribution in [-0.4, -0.2) is 17.6 Å². The van der Waals surface area contributed by atoms with Gasteiger partial charge in [0, 0.05) is 24.4 Å². The molecule has 1 aromatic carbocycles.